The van der Waals surface area contributed by atoms with Gasteiger partial charge in [-0.05, 0) is 12.1 Å². The third-order valence-corrected chi connectivity index (χ3v) is 2.46. The van der Waals surface area contributed by atoms with E-state index in [1.54, 1.807) is 0 Å². The molecule has 19 heavy (non-hydrogen) atoms. The van der Waals surface area contributed by atoms with Crippen molar-refractivity contribution in [3.8, 4) is 5.75 Å². The molecule has 0 aromatic heterocycles. The molecule has 0 N–H and O–H groups in total. The van der Waals surface area contributed by atoms with E-state index in [1.807, 2.05) is 0 Å². The van der Waals surface area contributed by atoms with Crippen molar-refractivity contribution in [1.29, 1.82) is 0 Å². The number of ketones is 1. The molecule has 0 amide bonds. The summed E-state index contributed by atoms with van der Waals surface area (Å²) in [5, 5.41) is 0. The van der Waals surface area contributed by atoms with Crippen LogP contribution in [-0.4, -0.2) is 38.1 Å². The van der Waals surface area contributed by atoms with Gasteiger partial charge < -0.3 is 14.2 Å². The molecule has 2 rings (SSSR count). The SMILES string of the molecule is O=C(c1cccc(OC(F)(F)F)c1)C1COCCO1. The third kappa shape index (κ3) is 3.93. The largest absolute Gasteiger partial charge is 0.573 e. The summed E-state index contributed by atoms with van der Waals surface area (Å²) < 4.78 is 50.3. The molecule has 1 fully saturated rings. The Kier molecular flexibility index (Phi) is 4.06. The molecular formula is C12H11F3O4. The quantitative estimate of drug-likeness (QED) is 0.794. The number of alkyl halides is 3. The lowest BCUT2D eigenvalue weighted by molar-refractivity contribution is -0.274. The van der Waals surface area contributed by atoms with Crippen LogP contribution in [0.1, 0.15) is 10.4 Å². The molecule has 1 atom stereocenters. The highest BCUT2D eigenvalue weighted by Crippen LogP contribution is 2.24. The lowest BCUT2D eigenvalue weighted by Crippen LogP contribution is -2.35. The van der Waals surface area contributed by atoms with Crippen LogP contribution in [0.5, 0.6) is 5.75 Å². The van der Waals surface area contributed by atoms with E-state index in [0.717, 1.165) is 12.1 Å². The standard InChI is InChI=1S/C12H11F3O4/c13-12(14,15)19-9-3-1-2-8(6-9)11(16)10-7-17-4-5-18-10/h1-3,6,10H,4-5,7H2. The molecule has 0 aliphatic carbocycles. The molecular weight excluding hydrogens is 265 g/mol. The topological polar surface area (TPSA) is 44.8 Å². The first kappa shape index (κ1) is 13.8. The molecule has 4 nitrogen and oxygen atoms in total. The summed E-state index contributed by atoms with van der Waals surface area (Å²) in [6.07, 6.45) is -5.57. The number of carbonyl (C=O) groups is 1. The summed E-state index contributed by atoms with van der Waals surface area (Å²) in [5.74, 6) is -0.859. The Bertz CT molecular complexity index is 453. The van der Waals surface area contributed by atoms with Crippen molar-refractivity contribution < 1.29 is 32.2 Å². The minimum Gasteiger partial charge on any atom is -0.406 e. The molecule has 7 heteroatoms. The van der Waals surface area contributed by atoms with Crippen molar-refractivity contribution >= 4 is 5.78 Å². The van der Waals surface area contributed by atoms with Gasteiger partial charge in [-0.15, -0.1) is 13.2 Å². The van der Waals surface area contributed by atoms with Crippen LogP contribution in [0.3, 0.4) is 0 Å². The fourth-order valence-corrected chi connectivity index (χ4v) is 1.67. The van der Waals surface area contributed by atoms with Crippen molar-refractivity contribution in [2.45, 2.75) is 12.5 Å². The van der Waals surface area contributed by atoms with Crippen LogP contribution in [0.15, 0.2) is 24.3 Å². The Morgan fingerprint density at radius 2 is 2.11 bits per heavy atom. The van der Waals surface area contributed by atoms with Gasteiger partial charge in [0.15, 0.2) is 5.78 Å². The highest BCUT2D eigenvalue weighted by molar-refractivity contribution is 5.99. The van der Waals surface area contributed by atoms with E-state index >= 15 is 0 Å². The Hall–Kier alpha value is -1.60. The maximum Gasteiger partial charge on any atom is 0.573 e. The zero-order valence-electron chi connectivity index (χ0n) is 9.77. The van der Waals surface area contributed by atoms with Crippen LogP contribution < -0.4 is 4.74 Å². The second kappa shape index (κ2) is 5.58. The molecule has 1 aliphatic heterocycles. The maximum absolute atomic E-state index is 12.1. The van der Waals surface area contributed by atoms with Crippen molar-refractivity contribution in [1.82, 2.24) is 0 Å². The van der Waals surface area contributed by atoms with Gasteiger partial charge in [-0.2, -0.15) is 0 Å². The molecule has 1 aromatic rings. The van der Waals surface area contributed by atoms with Crippen molar-refractivity contribution in [2.24, 2.45) is 0 Å². The number of halogens is 3. The van der Waals surface area contributed by atoms with Gasteiger partial charge in [-0.1, -0.05) is 12.1 Å². The van der Waals surface area contributed by atoms with Gasteiger partial charge >= 0.3 is 6.36 Å². The van der Waals surface area contributed by atoms with Gasteiger partial charge in [0.2, 0.25) is 0 Å². The summed E-state index contributed by atoms with van der Waals surface area (Å²) in [4.78, 5) is 12.0. The minimum atomic E-state index is -4.79. The molecule has 1 heterocycles. The number of ether oxygens (including phenoxy) is 3. The first-order valence-electron chi connectivity index (χ1n) is 5.55. The average Bonchev–Trinajstić information content (AvgIpc) is 2.37. The van der Waals surface area contributed by atoms with Gasteiger partial charge in [0.25, 0.3) is 0 Å². The molecule has 1 unspecified atom stereocenters. The van der Waals surface area contributed by atoms with Crippen LogP contribution in [0.2, 0.25) is 0 Å². The van der Waals surface area contributed by atoms with E-state index in [0.29, 0.717) is 6.61 Å². The van der Waals surface area contributed by atoms with Crippen molar-refractivity contribution in [3.63, 3.8) is 0 Å². The van der Waals surface area contributed by atoms with Crippen LogP contribution >= 0.6 is 0 Å². The lowest BCUT2D eigenvalue weighted by atomic mass is 10.1. The highest BCUT2D eigenvalue weighted by Gasteiger charge is 2.31. The van der Waals surface area contributed by atoms with Crippen LogP contribution in [-0.2, 0) is 9.47 Å². The summed E-state index contributed by atoms with van der Waals surface area (Å²) in [6.45, 7) is 0.791. The Morgan fingerprint density at radius 1 is 1.32 bits per heavy atom. The Morgan fingerprint density at radius 3 is 2.74 bits per heavy atom. The fourth-order valence-electron chi connectivity index (χ4n) is 1.67. The number of hydrogen-bond donors (Lipinski definition) is 0. The highest BCUT2D eigenvalue weighted by atomic mass is 19.4. The van der Waals surface area contributed by atoms with Gasteiger partial charge in [-0.3, -0.25) is 4.79 Å². The molecule has 1 aromatic carbocycles. The third-order valence-electron chi connectivity index (χ3n) is 2.46. The molecule has 1 aliphatic rings. The Labute approximate surface area is 107 Å². The van der Waals surface area contributed by atoms with Gasteiger partial charge in [0.1, 0.15) is 11.9 Å². The van der Waals surface area contributed by atoms with E-state index in [9.17, 15) is 18.0 Å². The smallest absolute Gasteiger partial charge is 0.406 e. The van der Waals surface area contributed by atoms with Crippen LogP contribution in [0.4, 0.5) is 13.2 Å². The number of rotatable bonds is 3. The molecule has 1 saturated heterocycles. The number of hydrogen-bond acceptors (Lipinski definition) is 4. The fraction of sp³-hybridized carbons (Fsp3) is 0.417. The average molecular weight is 276 g/mol. The van der Waals surface area contributed by atoms with Gasteiger partial charge in [0, 0.05) is 5.56 Å². The zero-order chi connectivity index (χ0) is 13.9. The normalized spacial score (nSPS) is 20.1. The lowest BCUT2D eigenvalue weighted by Gasteiger charge is -2.21. The molecule has 104 valence electrons. The first-order chi connectivity index (χ1) is 8.96. The summed E-state index contributed by atoms with van der Waals surface area (Å²) >= 11 is 0. The monoisotopic (exact) mass is 276 g/mol. The molecule has 0 saturated carbocycles. The zero-order valence-corrected chi connectivity index (χ0v) is 9.77. The van der Waals surface area contributed by atoms with Gasteiger partial charge in [-0.25, -0.2) is 0 Å². The van der Waals surface area contributed by atoms with E-state index in [1.165, 1.54) is 12.1 Å². The van der Waals surface area contributed by atoms with Crippen molar-refractivity contribution in [2.75, 3.05) is 19.8 Å². The van der Waals surface area contributed by atoms with E-state index in [2.05, 4.69) is 4.74 Å². The second-order valence-electron chi connectivity index (χ2n) is 3.87. The van der Waals surface area contributed by atoms with Crippen LogP contribution in [0.25, 0.3) is 0 Å². The number of Topliss-reactive ketones (excluding diaryl/α,β-unsaturated/α-hetero) is 1. The van der Waals surface area contributed by atoms with Gasteiger partial charge in [0.05, 0.1) is 19.8 Å². The second-order valence-corrected chi connectivity index (χ2v) is 3.87. The van der Waals surface area contributed by atoms with E-state index < -0.39 is 24.0 Å². The minimum absolute atomic E-state index is 0.0947. The summed E-state index contributed by atoms with van der Waals surface area (Å²) in [6, 6.07) is 4.89. The first-order valence-corrected chi connectivity index (χ1v) is 5.55. The number of carbonyl (C=O) groups excluding carboxylic acids is 1. The van der Waals surface area contributed by atoms with Crippen LogP contribution in [0, 0.1) is 0 Å². The van der Waals surface area contributed by atoms with E-state index in [-0.39, 0.29) is 18.8 Å². The predicted molar refractivity (Wildman–Crippen MR) is 58.0 cm³/mol. The summed E-state index contributed by atoms with van der Waals surface area (Å²) in [7, 11) is 0. The molecule has 0 bridgehead atoms. The molecule has 0 spiro atoms. The summed E-state index contributed by atoms with van der Waals surface area (Å²) in [5.41, 5.74) is 0.0947. The number of benzene rings is 1. The predicted octanol–water partition coefficient (Wildman–Crippen LogP) is 2.18. The van der Waals surface area contributed by atoms with E-state index in [4.69, 9.17) is 9.47 Å². The molecule has 0 radical (unpaired) electrons. The Balaban J connectivity index is 2.11. The maximum atomic E-state index is 12.1. The van der Waals surface area contributed by atoms with Crippen molar-refractivity contribution in [3.05, 3.63) is 29.8 Å².